The van der Waals surface area contributed by atoms with E-state index in [1.807, 2.05) is 13.0 Å². The zero-order chi connectivity index (χ0) is 24.2. The maximum Gasteiger partial charge on any atom is 0.243 e. The monoisotopic (exact) mass is 492 g/mol. The van der Waals surface area contributed by atoms with Crippen LogP contribution in [0.1, 0.15) is 30.3 Å². The molecule has 2 aliphatic rings. The molecule has 2 fully saturated rings. The molecular weight excluding hydrogens is 467 g/mol. The van der Waals surface area contributed by atoms with E-state index < -0.39 is 10.0 Å². The lowest BCUT2D eigenvalue weighted by atomic mass is 10.2. The van der Waals surface area contributed by atoms with Gasteiger partial charge in [-0.05, 0) is 56.2 Å². The molecule has 0 radical (unpaired) electrons. The second kappa shape index (κ2) is 8.39. The number of rotatable bonds is 5. The number of aromatic nitrogens is 4. The number of benzene rings is 2. The Morgan fingerprint density at radius 3 is 2.26 bits per heavy atom. The summed E-state index contributed by atoms with van der Waals surface area (Å²) in [6.45, 7) is 3.69. The molecular formula is C25H25FN6O2S. The van der Waals surface area contributed by atoms with E-state index >= 15 is 0 Å². The minimum absolute atomic E-state index is 0.306. The summed E-state index contributed by atoms with van der Waals surface area (Å²) in [7, 11) is -3.54. The smallest absolute Gasteiger partial charge is 0.243 e. The Bertz CT molecular complexity index is 1490. The molecule has 2 aromatic carbocycles. The van der Waals surface area contributed by atoms with Crippen molar-refractivity contribution in [2.45, 2.75) is 30.6 Å². The van der Waals surface area contributed by atoms with Crippen molar-refractivity contribution in [2.24, 2.45) is 0 Å². The number of sulfonamides is 1. The highest BCUT2D eigenvalue weighted by Crippen LogP contribution is 2.40. The maximum absolute atomic E-state index is 13.5. The largest absolute Gasteiger partial charge is 0.353 e. The van der Waals surface area contributed by atoms with Gasteiger partial charge in [0.1, 0.15) is 17.5 Å². The van der Waals surface area contributed by atoms with Crippen LogP contribution in [0.15, 0.2) is 59.5 Å². The third-order valence-corrected chi connectivity index (χ3v) is 8.55. The van der Waals surface area contributed by atoms with Crippen LogP contribution in [0.2, 0.25) is 0 Å². The molecule has 0 N–H and O–H groups in total. The highest BCUT2D eigenvalue weighted by Gasteiger charge is 2.33. The summed E-state index contributed by atoms with van der Waals surface area (Å²) in [5, 5.41) is 5.56. The Morgan fingerprint density at radius 1 is 0.914 bits per heavy atom. The number of hydrogen-bond acceptors (Lipinski definition) is 6. The molecule has 35 heavy (non-hydrogen) atoms. The summed E-state index contributed by atoms with van der Waals surface area (Å²) in [6.07, 6.45) is 2.11. The quantitative estimate of drug-likeness (QED) is 0.423. The van der Waals surface area contributed by atoms with Gasteiger partial charge in [0.05, 0.1) is 21.7 Å². The van der Waals surface area contributed by atoms with Crippen molar-refractivity contribution in [3.05, 3.63) is 71.9 Å². The van der Waals surface area contributed by atoms with Gasteiger partial charge < -0.3 is 4.90 Å². The van der Waals surface area contributed by atoms with E-state index in [1.54, 1.807) is 41.1 Å². The van der Waals surface area contributed by atoms with E-state index in [0.717, 1.165) is 41.3 Å². The highest BCUT2D eigenvalue weighted by atomic mass is 32.2. The molecule has 6 rings (SSSR count). The molecule has 4 aromatic rings. The van der Waals surface area contributed by atoms with Crippen LogP contribution >= 0.6 is 0 Å². The van der Waals surface area contributed by atoms with E-state index in [0.29, 0.717) is 42.6 Å². The summed E-state index contributed by atoms with van der Waals surface area (Å²) in [4.78, 5) is 12.3. The van der Waals surface area contributed by atoms with Gasteiger partial charge in [-0.15, -0.1) is 0 Å². The van der Waals surface area contributed by atoms with Gasteiger partial charge in [-0.1, -0.05) is 18.2 Å². The van der Waals surface area contributed by atoms with Crippen molar-refractivity contribution in [2.75, 3.05) is 31.1 Å². The highest BCUT2D eigenvalue weighted by molar-refractivity contribution is 7.89. The van der Waals surface area contributed by atoms with E-state index in [2.05, 4.69) is 4.90 Å². The Balaban J connectivity index is 1.36. The van der Waals surface area contributed by atoms with Crippen LogP contribution < -0.4 is 4.90 Å². The minimum atomic E-state index is -3.54. The molecule has 3 heterocycles. The van der Waals surface area contributed by atoms with Crippen molar-refractivity contribution in [3.63, 3.8) is 0 Å². The SMILES string of the molecule is Cc1nn(-c2ccc(F)cc2)c2nc(C3CC3)nc(N3CCN(S(=O)(=O)c4ccccc4)CC3)c12. The van der Waals surface area contributed by atoms with Crippen molar-refractivity contribution in [3.8, 4) is 5.69 Å². The number of hydrogen-bond donors (Lipinski definition) is 0. The fourth-order valence-electron chi connectivity index (χ4n) is 4.58. The molecule has 1 aliphatic heterocycles. The molecule has 0 unspecified atom stereocenters. The third-order valence-electron chi connectivity index (χ3n) is 6.63. The van der Waals surface area contributed by atoms with Crippen LogP contribution in [-0.4, -0.2) is 58.7 Å². The molecule has 2 aromatic heterocycles. The van der Waals surface area contributed by atoms with E-state index in [1.165, 1.54) is 16.4 Å². The maximum atomic E-state index is 13.5. The average Bonchev–Trinajstić information content (AvgIpc) is 3.68. The Morgan fingerprint density at radius 2 is 1.60 bits per heavy atom. The standard InChI is InChI=1S/C25H25FN6O2S/c1-17-22-24(30-13-15-31(16-14-30)35(33,34)21-5-3-2-4-6-21)27-23(18-7-8-18)28-25(22)32(29-17)20-11-9-19(26)10-12-20/h2-6,9-12,18H,7-8,13-16H2,1H3. The van der Waals surface area contributed by atoms with Crippen molar-refractivity contribution in [1.29, 1.82) is 0 Å². The normalized spacial score (nSPS) is 17.3. The van der Waals surface area contributed by atoms with Gasteiger partial charge in [0, 0.05) is 32.1 Å². The molecule has 0 amide bonds. The fraction of sp³-hybridized carbons (Fsp3) is 0.320. The van der Waals surface area contributed by atoms with Gasteiger partial charge in [0.25, 0.3) is 0 Å². The summed E-state index contributed by atoms with van der Waals surface area (Å²) in [6, 6.07) is 14.7. The summed E-state index contributed by atoms with van der Waals surface area (Å²) >= 11 is 0. The van der Waals surface area contributed by atoms with Crippen LogP contribution in [0.25, 0.3) is 16.7 Å². The Hall–Kier alpha value is -3.37. The third kappa shape index (κ3) is 3.96. The molecule has 1 saturated heterocycles. The fourth-order valence-corrected chi connectivity index (χ4v) is 6.02. The second-order valence-electron chi connectivity index (χ2n) is 9.06. The number of halogens is 1. The Labute approximate surface area is 203 Å². The van der Waals surface area contributed by atoms with E-state index in [9.17, 15) is 12.8 Å². The number of fused-ring (bicyclic) bond motifs is 1. The molecule has 8 nitrogen and oxygen atoms in total. The first-order valence-electron chi connectivity index (χ1n) is 11.8. The molecule has 0 atom stereocenters. The number of nitrogens with zero attached hydrogens (tertiary/aromatic N) is 6. The predicted molar refractivity (Wildman–Crippen MR) is 131 cm³/mol. The average molecular weight is 493 g/mol. The first-order chi connectivity index (χ1) is 16.9. The van der Waals surface area contributed by atoms with Gasteiger partial charge in [-0.3, -0.25) is 0 Å². The zero-order valence-corrected chi connectivity index (χ0v) is 20.1. The van der Waals surface area contributed by atoms with Crippen molar-refractivity contribution in [1.82, 2.24) is 24.1 Å². The molecule has 1 saturated carbocycles. The van der Waals surface area contributed by atoms with Crippen molar-refractivity contribution < 1.29 is 12.8 Å². The minimum Gasteiger partial charge on any atom is -0.353 e. The molecule has 0 bridgehead atoms. The summed E-state index contributed by atoms with van der Waals surface area (Å²) in [5.74, 6) is 1.60. The summed E-state index contributed by atoms with van der Waals surface area (Å²) < 4.78 is 43.0. The van der Waals surface area contributed by atoms with E-state index in [4.69, 9.17) is 15.1 Å². The molecule has 180 valence electrons. The van der Waals surface area contributed by atoms with E-state index in [-0.39, 0.29) is 5.82 Å². The Kier molecular flexibility index (Phi) is 5.30. The lowest BCUT2D eigenvalue weighted by Crippen LogP contribution is -2.49. The first kappa shape index (κ1) is 22.1. The second-order valence-corrected chi connectivity index (χ2v) is 11.0. The first-order valence-corrected chi connectivity index (χ1v) is 13.2. The van der Waals surface area contributed by atoms with Crippen LogP contribution in [-0.2, 0) is 10.0 Å². The van der Waals surface area contributed by atoms with Gasteiger partial charge in [0.2, 0.25) is 10.0 Å². The van der Waals surface area contributed by atoms with Crippen LogP contribution in [0.5, 0.6) is 0 Å². The number of anilines is 1. The predicted octanol–water partition coefficient (Wildman–Crippen LogP) is 3.65. The molecule has 0 spiro atoms. The summed E-state index contributed by atoms with van der Waals surface area (Å²) in [5.41, 5.74) is 2.20. The van der Waals surface area contributed by atoms with Crippen LogP contribution in [0, 0.1) is 12.7 Å². The lowest BCUT2D eigenvalue weighted by molar-refractivity contribution is 0.384. The van der Waals surface area contributed by atoms with Gasteiger partial charge in [-0.2, -0.15) is 9.40 Å². The molecule has 1 aliphatic carbocycles. The topological polar surface area (TPSA) is 84.2 Å². The lowest BCUT2D eigenvalue weighted by Gasteiger charge is -2.35. The van der Waals surface area contributed by atoms with Gasteiger partial charge >= 0.3 is 0 Å². The van der Waals surface area contributed by atoms with Crippen LogP contribution in [0.3, 0.4) is 0 Å². The van der Waals surface area contributed by atoms with Gasteiger partial charge in [-0.25, -0.2) is 27.5 Å². The zero-order valence-electron chi connectivity index (χ0n) is 19.3. The van der Waals surface area contributed by atoms with Crippen LogP contribution in [0.4, 0.5) is 10.2 Å². The van der Waals surface area contributed by atoms with Gasteiger partial charge in [0.15, 0.2) is 5.65 Å². The number of aryl methyl sites for hydroxylation is 1. The molecule has 10 heteroatoms. The van der Waals surface area contributed by atoms with Crippen molar-refractivity contribution >= 4 is 26.9 Å². The number of piperazine rings is 1.